The van der Waals surface area contributed by atoms with Crippen molar-refractivity contribution in [2.75, 3.05) is 32.5 Å². The number of benzene rings is 2. The molecule has 0 spiro atoms. The first-order chi connectivity index (χ1) is 14.4. The van der Waals surface area contributed by atoms with E-state index in [0.29, 0.717) is 25.4 Å². The van der Waals surface area contributed by atoms with E-state index in [1.807, 2.05) is 6.07 Å². The maximum atomic E-state index is 12.8. The number of carbonyl (C=O) groups is 1. The number of thioether (sulfide) groups is 1. The molecule has 1 amide bonds. The van der Waals surface area contributed by atoms with Gasteiger partial charge >= 0.3 is 0 Å². The van der Waals surface area contributed by atoms with E-state index in [-0.39, 0.29) is 16.4 Å². The van der Waals surface area contributed by atoms with E-state index in [4.69, 9.17) is 4.74 Å². The number of methoxy groups -OCH3 is 1. The zero-order chi connectivity index (χ0) is 21.6. The molecule has 0 aliphatic carbocycles. The van der Waals surface area contributed by atoms with Gasteiger partial charge in [-0.15, -0.1) is 0 Å². The van der Waals surface area contributed by atoms with Crippen LogP contribution in [-0.4, -0.2) is 51.1 Å². The first-order valence-electron chi connectivity index (χ1n) is 10.0. The third-order valence-electron chi connectivity index (χ3n) is 5.00. The lowest BCUT2D eigenvalue weighted by Gasteiger charge is -2.17. The Balaban J connectivity index is 1.60. The molecule has 1 heterocycles. The van der Waals surface area contributed by atoms with E-state index < -0.39 is 10.0 Å². The van der Waals surface area contributed by atoms with Crippen molar-refractivity contribution < 1.29 is 17.9 Å². The highest BCUT2D eigenvalue weighted by Gasteiger charge is 2.28. The summed E-state index contributed by atoms with van der Waals surface area (Å²) in [4.78, 5) is 12.8. The van der Waals surface area contributed by atoms with Crippen LogP contribution in [0.4, 0.5) is 0 Å². The molecule has 0 radical (unpaired) electrons. The average Bonchev–Trinajstić information content (AvgIpc) is 3.29. The van der Waals surface area contributed by atoms with Gasteiger partial charge in [-0.1, -0.05) is 29.8 Å². The van der Waals surface area contributed by atoms with Gasteiger partial charge in [0, 0.05) is 31.1 Å². The fourth-order valence-corrected chi connectivity index (χ4v) is 5.78. The molecule has 2 aromatic carbocycles. The third kappa shape index (κ3) is 5.56. The highest BCUT2D eigenvalue weighted by molar-refractivity contribution is 7.98. The smallest absolute Gasteiger partial charge is 0.255 e. The van der Waals surface area contributed by atoms with Crippen LogP contribution >= 0.6 is 11.8 Å². The molecule has 3 rings (SSSR count). The van der Waals surface area contributed by atoms with E-state index in [1.54, 1.807) is 17.8 Å². The second-order valence-electron chi connectivity index (χ2n) is 7.27. The Hall–Kier alpha value is -2.03. The zero-order valence-electron chi connectivity index (χ0n) is 17.4. The van der Waals surface area contributed by atoms with Gasteiger partial charge in [0.15, 0.2) is 0 Å². The summed E-state index contributed by atoms with van der Waals surface area (Å²) in [7, 11) is -2.12. The largest absolute Gasteiger partial charge is 0.496 e. The van der Waals surface area contributed by atoms with Crippen molar-refractivity contribution in [2.45, 2.75) is 30.4 Å². The molecule has 1 aliphatic heterocycles. The van der Waals surface area contributed by atoms with Crippen molar-refractivity contribution in [2.24, 2.45) is 0 Å². The van der Waals surface area contributed by atoms with Crippen LogP contribution in [0, 0.1) is 6.92 Å². The SMILES string of the molecule is COc1ccc(S(=O)(=O)N2CCCC2)cc1C(=O)NCCSCc1cccc(C)c1. The molecule has 2 aromatic rings. The van der Waals surface area contributed by atoms with Gasteiger partial charge in [-0.25, -0.2) is 8.42 Å². The van der Waals surface area contributed by atoms with Crippen LogP contribution in [-0.2, 0) is 15.8 Å². The second-order valence-corrected chi connectivity index (χ2v) is 10.3. The van der Waals surface area contributed by atoms with Crippen LogP contribution in [0.5, 0.6) is 5.75 Å². The minimum absolute atomic E-state index is 0.129. The van der Waals surface area contributed by atoms with Crippen molar-refractivity contribution in [1.29, 1.82) is 0 Å². The molecule has 1 saturated heterocycles. The summed E-state index contributed by atoms with van der Waals surface area (Å²) in [6, 6.07) is 12.8. The van der Waals surface area contributed by atoms with Gasteiger partial charge in [0.1, 0.15) is 5.75 Å². The van der Waals surface area contributed by atoms with Gasteiger partial charge < -0.3 is 10.1 Å². The van der Waals surface area contributed by atoms with Gasteiger partial charge in [0.05, 0.1) is 17.6 Å². The average molecular weight is 449 g/mol. The van der Waals surface area contributed by atoms with Crippen LogP contribution in [0.2, 0.25) is 0 Å². The van der Waals surface area contributed by atoms with E-state index in [0.717, 1.165) is 24.3 Å². The van der Waals surface area contributed by atoms with E-state index in [1.165, 1.54) is 34.7 Å². The lowest BCUT2D eigenvalue weighted by Crippen LogP contribution is -2.29. The van der Waals surface area contributed by atoms with Gasteiger partial charge in [0.2, 0.25) is 10.0 Å². The minimum atomic E-state index is -3.59. The molecule has 1 aliphatic rings. The minimum Gasteiger partial charge on any atom is -0.496 e. The summed E-state index contributed by atoms with van der Waals surface area (Å²) in [5, 5.41) is 2.87. The summed E-state index contributed by atoms with van der Waals surface area (Å²) in [5.74, 6) is 1.67. The monoisotopic (exact) mass is 448 g/mol. The number of aryl methyl sites for hydroxylation is 1. The van der Waals surface area contributed by atoms with Gasteiger partial charge in [0.25, 0.3) is 5.91 Å². The number of hydrogen-bond donors (Lipinski definition) is 1. The molecular weight excluding hydrogens is 420 g/mol. The Morgan fingerprint density at radius 1 is 1.17 bits per heavy atom. The molecule has 6 nitrogen and oxygen atoms in total. The molecule has 0 unspecified atom stereocenters. The van der Waals surface area contributed by atoms with Crippen molar-refractivity contribution >= 4 is 27.7 Å². The molecule has 0 aromatic heterocycles. The summed E-state index contributed by atoms with van der Waals surface area (Å²) in [5.41, 5.74) is 2.73. The maximum absolute atomic E-state index is 12.8. The number of amides is 1. The van der Waals surface area contributed by atoms with Crippen LogP contribution in [0.25, 0.3) is 0 Å². The summed E-state index contributed by atoms with van der Waals surface area (Å²) >= 11 is 1.74. The number of sulfonamides is 1. The van der Waals surface area contributed by atoms with Crippen LogP contribution in [0.1, 0.15) is 34.3 Å². The molecule has 30 heavy (non-hydrogen) atoms. The zero-order valence-corrected chi connectivity index (χ0v) is 19.0. The normalized spacial score (nSPS) is 14.6. The van der Waals surface area contributed by atoms with Gasteiger partial charge in [-0.3, -0.25) is 4.79 Å². The predicted molar refractivity (Wildman–Crippen MR) is 121 cm³/mol. The van der Waals surface area contributed by atoms with Crippen molar-refractivity contribution in [3.05, 3.63) is 59.2 Å². The van der Waals surface area contributed by atoms with Gasteiger partial charge in [-0.05, 0) is 43.5 Å². The molecule has 1 N–H and O–H groups in total. The standard InChI is InChI=1S/C22H28N2O4S2/c1-17-6-5-7-18(14-17)16-29-13-10-23-22(25)20-15-19(8-9-21(20)28-2)30(26,27)24-11-3-4-12-24/h5-9,14-15H,3-4,10-13,16H2,1-2H3,(H,23,25). The lowest BCUT2D eigenvalue weighted by molar-refractivity contribution is 0.0953. The van der Waals surface area contributed by atoms with Crippen LogP contribution < -0.4 is 10.1 Å². The Bertz CT molecular complexity index is 986. The lowest BCUT2D eigenvalue weighted by atomic mass is 10.2. The third-order valence-corrected chi connectivity index (χ3v) is 7.93. The molecule has 8 heteroatoms. The molecule has 1 fully saturated rings. The predicted octanol–water partition coefficient (Wildman–Crippen LogP) is 3.45. The van der Waals surface area contributed by atoms with Crippen molar-refractivity contribution in [1.82, 2.24) is 9.62 Å². The molecule has 162 valence electrons. The van der Waals surface area contributed by atoms with E-state index in [9.17, 15) is 13.2 Å². The Kier molecular flexibility index (Phi) is 7.80. The topological polar surface area (TPSA) is 75.7 Å². The van der Waals surface area contributed by atoms with Gasteiger partial charge in [-0.2, -0.15) is 16.1 Å². The molecule has 0 atom stereocenters. The van der Waals surface area contributed by atoms with E-state index in [2.05, 4.69) is 30.4 Å². The molecular formula is C22H28N2O4S2. The van der Waals surface area contributed by atoms with E-state index >= 15 is 0 Å². The Morgan fingerprint density at radius 3 is 2.63 bits per heavy atom. The van der Waals surface area contributed by atoms with Crippen molar-refractivity contribution in [3.8, 4) is 5.75 Å². The number of nitrogens with one attached hydrogen (secondary N) is 1. The number of nitrogens with zero attached hydrogens (tertiary/aromatic N) is 1. The van der Waals surface area contributed by atoms with Crippen LogP contribution in [0.15, 0.2) is 47.4 Å². The molecule has 0 bridgehead atoms. The van der Waals surface area contributed by atoms with Crippen LogP contribution in [0.3, 0.4) is 0 Å². The highest BCUT2D eigenvalue weighted by atomic mass is 32.2. The second kappa shape index (κ2) is 10.3. The first-order valence-corrected chi connectivity index (χ1v) is 12.6. The highest BCUT2D eigenvalue weighted by Crippen LogP contribution is 2.26. The molecule has 0 saturated carbocycles. The Morgan fingerprint density at radius 2 is 1.93 bits per heavy atom. The summed E-state index contributed by atoms with van der Waals surface area (Å²) < 4.78 is 32.4. The first kappa shape index (κ1) is 22.7. The fraction of sp³-hybridized carbons (Fsp3) is 0.409. The summed E-state index contributed by atoms with van der Waals surface area (Å²) in [6.45, 7) is 3.60. The number of ether oxygens (including phenoxy) is 1. The summed E-state index contributed by atoms with van der Waals surface area (Å²) in [6.07, 6.45) is 1.73. The maximum Gasteiger partial charge on any atom is 0.255 e. The number of carbonyl (C=O) groups excluding carboxylic acids is 1. The quantitative estimate of drug-likeness (QED) is 0.595. The number of rotatable bonds is 9. The van der Waals surface area contributed by atoms with Crippen molar-refractivity contribution in [3.63, 3.8) is 0 Å². The number of hydrogen-bond acceptors (Lipinski definition) is 5. The Labute approximate surface area is 183 Å². The fourth-order valence-electron chi connectivity index (χ4n) is 3.43.